The Bertz CT molecular complexity index is 1040. The van der Waals surface area contributed by atoms with Crippen molar-refractivity contribution in [3.05, 3.63) is 39.2 Å². The first-order valence-corrected chi connectivity index (χ1v) is 10.9. The van der Waals surface area contributed by atoms with E-state index in [1.165, 1.54) is 0 Å². The quantitative estimate of drug-likeness (QED) is 0.777. The van der Waals surface area contributed by atoms with Gasteiger partial charge in [-0.3, -0.25) is 4.79 Å². The average molecular weight is 414 g/mol. The Morgan fingerprint density at radius 3 is 2.73 bits per heavy atom. The van der Waals surface area contributed by atoms with Gasteiger partial charge in [-0.25, -0.2) is 4.79 Å². The van der Waals surface area contributed by atoms with E-state index in [1.807, 2.05) is 30.9 Å². The molecule has 0 unspecified atom stereocenters. The van der Waals surface area contributed by atoms with Gasteiger partial charge in [0.1, 0.15) is 11.3 Å². The third-order valence-electron chi connectivity index (χ3n) is 7.21. The standard InChI is InChI=1S/C24H31NO5/c1-14-15(2)23(27)30-21-16(3)20(9-8-19(14)21)29-17(4)22(26)25-12-11-24(28)10-6-5-7-18(24)13-25/h8-9,17-18,28H,5-7,10-13H2,1-4H3/t17-,18-,24-/m0/s1. The Labute approximate surface area is 176 Å². The number of amides is 1. The van der Waals surface area contributed by atoms with Crippen molar-refractivity contribution in [2.45, 2.75) is 71.5 Å². The summed E-state index contributed by atoms with van der Waals surface area (Å²) < 4.78 is 11.5. The first-order valence-electron chi connectivity index (χ1n) is 10.9. The number of aryl methyl sites for hydroxylation is 2. The van der Waals surface area contributed by atoms with Gasteiger partial charge < -0.3 is 19.2 Å². The van der Waals surface area contributed by atoms with Gasteiger partial charge in [-0.2, -0.15) is 0 Å². The molecular weight excluding hydrogens is 382 g/mol. The highest BCUT2D eigenvalue weighted by atomic mass is 16.5. The zero-order valence-corrected chi connectivity index (χ0v) is 18.3. The molecule has 0 bridgehead atoms. The number of aliphatic hydroxyl groups is 1. The van der Waals surface area contributed by atoms with Crippen LogP contribution in [-0.2, 0) is 4.79 Å². The van der Waals surface area contributed by atoms with Gasteiger partial charge in [0.2, 0.25) is 0 Å². The molecule has 1 saturated heterocycles. The molecule has 3 atom stereocenters. The number of carbonyl (C=O) groups excluding carboxylic acids is 1. The average Bonchev–Trinajstić information content (AvgIpc) is 2.73. The normalized spacial score (nSPS) is 25.1. The van der Waals surface area contributed by atoms with Gasteiger partial charge in [0, 0.05) is 35.5 Å². The first kappa shape index (κ1) is 20.9. The zero-order valence-electron chi connectivity index (χ0n) is 18.3. The number of likely N-dealkylation sites (tertiary alicyclic amines) is 1. The van der Waals surface area contributed by atoms with Gasteiger partial charge >= 0.3 is 5.63 Å². The molecule has 1 saturated carbocycles. The molecule has 1 amide bonds. The van der Waals surface area contributed by atoms with Crippen LogP contribution >= 0.6 is 0 Å². The highest BCUT2D eigenvalue weighted by Crippen LogP contribution is 2.40. The number of fused-ring (bicyclic) bond motifs is 2. The molecule has 2 aliphatic rings. The summed E-state index contributed by atoms with van der Waals surface area (Å²) in [6.45, 7) is 8.41. The summed E-state index contributed by atoms with van der Waals surface area (Å²) in [6, 6.07) is 3.72. The smallest absolute Gasteiger partial charge is 0.339 e. The second-order valence-corrected chi connectivity index (χ2v) is 9.05. The van der Waals surface area contributed by atoms with Crippen molar-refractivity contribution in [1.82, 2.24) is 4.90 Å². The van der Waals surface area contributed by atoms with Crippen LogP contribution < -0.4 is 10.4 Å². The number of piperidine rings is 1. The van der Waals surface area contributed by atoms with Crippen LogP contribution in [0.3, 0.4) is 0 Å². The van der Waals surface area contributed by atoms with Crippen molar-refractivity contribution in [2.75, 3.05) is 13.1 Å². The van der Waals surface area contributed by atoms with Crippen LogP contribution in [0, 0.1) is 26.7 Å². The monoisotopic (exact) mass is 413 g/mol. The second-order valence-electron chi connectivity index (χ2n) is 9.05. The number of rotatable bonds is 3. The minimum Gasteiger partial charge on any atom is -0.480 e. The molecule has 6 nitrogen and oxygen atoms in total. The van der Waals surface area contributed by atoms with Gasteiger partial charge in [-0.15, -0.1) is 0 Å². The molecule has 2 fully saturated rings. The van der Waals surface area contributed by atoms with Gasteiger partial charge in [0.05, 0.1) is 5.60 Å². The molecule has 2 aromatic rings. The Hall–Kier alpha value is -2.34. The Morgan fingerprint density at radius 1 is 1.20 bits per heavy atom. The number of benzene rings is 1. The van der Waals surface area contributed by atoms with Crippen LogP contribution in [0.1, 0.15) is 55.7 Å². The lowest BCUT2D eigenvalue weighted by molar-refractivity contribution is -0.149. The number of hydrogen-bond acceptors (Lipinski definition) is 5. The predicted octanol–water partition coefficient (Wildman–Crippen LogP) is 3.64. The Kier molecular flexibility index (Phi) is 5.39. The van der Waals surface area contributed by atoms with Gasteiger partial charge in [0.15, 0.2) is 6.10 Å². The van der Waals surface area contributed by atoms with Crippen LogP contribution in [0.2, 0.25) is 0 Å². The highest BCUT2D eigenvalue weighted by Gasteiger charge is 2.44. The Balaban J connectivity index is 1.52. The second kappa shape index (κ2) is 7.73. The topological polar surface area (TPSA) is 80.0 Å². The Morgan fingerprint density at radius 2 is 1.97 bits per heavy atom. The molecule has 1 N–H and O–H groups in total. The molecule has 1 aliphatic heterocycles. The summed E-state index contributed by atoms with van der Waals surface area (Å²) in [5, 5.41) is 11.7. The molecule has 1 aromatic heterocycles. The van der Waals surface area contributed by atoms with Crippen molar-refractivity contribution in [1.29, 1.82) is 0 Å². The van der Waals surface area contributed by atoms with Crippen molar-refractivity contribution in [2.24, 2.45) is 5.92 Å². The van der Waals surface area contributed by atoms with E-state index in [1.54, 1.807) is 13.8 Å². The lowest BCUT2D eigenvalue weighted by Crippen LogP contribution is -2.56. The van der Waals surface area contributed by atoms with Crippen LogP contribution in [-0.4, -0.2) is 40.7 Å². The maximum atomic E-state index is 13.1. The third-order valence-corrected chi connectivity index (χ3v) is 7.21. The summed E-state index contributed by atoms with van der Waals surface area (Å²) >= 11 is 0. The van der Waals surface area contributed by atoms with E-state index in [0.29, 0.717) is 42.0 Å². The first-order chi connectivity index (χ1) is 14.2. The van der Waals surface area contributed by atoms with Gasteiger partial charge in [0.25, 0.3) is 5.91 Å². The minimum atomic E-state index is -0.658. The van der Waals surface area contributed by atoms with E-state index in [4.69, 9.17) is 9.15 Å². The SMILES string of the molecule is Cc1c(C)c2ccc(O[C@@H](C)C(=O)N3CC[C@@]4(O)CCCC[C@H]4C3)c(C)c2oc1=O. The highest BCUT2D eigenvalue weighted by molar-refractivity contribution is 5.86. The van der Waals surface area contributed by atoms with Crippen LogP contribution in [0.5, 0.6) is 5.75 Å². The molecule has 1 aromatic carbocycles. The third kappa shape index (κ3) is 3.51. The molecule has 6 heteroatoms. The fourth-order valence-electron chi connectivity index (χ4n) is 5.02. The van der Waals surface area contributed by atoms with E-state index in [2.05, 4.69) is 0 Å². The summed E-state index contributed by atoms with van der Waals surface area (Å²) in [5.74, 6) is 0.628. The number of nitrogens with zero attached hydrogens (tertiary/aromatic N) is 1. The van der Waals surface area contributed by atoms with Crippen molar-refractivity contribution < 1.29 is 19.1 Å². The fourth-order valence-corrected chi connectivity index (χ4v) is 5.02. The summed E-state index contributed by atoms with van der Waals surface area (Å²) in [5.41, 5.74) is 1.76. The van der Waals surface area contributed by atoms with Crippen molar-refractivity contribution >= 4 is 16.9 Å². The van der Waals surface area contributed by atoms with E-state index < -0.39 is 11.7 Å². The molecule has 30 heavy (non-hydrogen) atoms. The number of hydrogen-bond donors (Lipinski definition) is 1. The summed E-state index contributed by atoms with van der Waals surface area (Å²) in [6.07, 6.45) is 3.96. The molecule has 2 heterocycles. The predicted molar refractivity (Wildman–Crippen MR) is 115 cm³/mol. The van der Waals surface area contributed by atoms with E-state index >= 15 is 0 Å². The number of carbonyl (C=O) groups is 1. The fraction of sp³-hybridized carbons (Fsp3) is 0.583. The lowest BCUT2D eigenvalue weighted by atomic mass is 9.71. The number of ether oxygens (including phenoxy) is 1. The van der Waals surface area contributed by atoms with Crippen LogP contribution in [0.25, 0.3) is 11.0 Å². The maximum absolute atomic E-state index is 13.1. The van der Waals surface area contributed by atoms with E-state index in [-0.39, 0.29) is 17.5 Å². The molecular formula is C24H31NO5. The van der Waals surface area contributed by atoms with E-state index in [9.17, 15) is 14.7 Å². The van der Waals surface area contributed by atoms with E-state index in [0.717, 1.165) is 36.6 Å². The van der Waals surface area contributed by atoms with Crippen molar-refractivity contribution in [3.63, 3.8) is 0 Å². The summed E-state index contributed by atoms with van der Waals surface area (Å²) in [7, 11) is 0. The molecule has 0 spiro atoms. The van der Waals surface area contributed by atoms with Gasteiger partial charge in [-0.1, -0.05) is 12.8 Å². The van der Waals surface area contributed by atoms with Crippen LogP contribution in [0.4, 0.5) is 0 Å². The summed E-state index contributed by atoms with van der Waals surface area (Å²) in [4.78, 5) is 27.0. The van der Waals surface area contributed by atoms with Crippen LogP contribution in [0.15, 0.2) is 21.3 Å². The van der Waals surface area contributed by atoms with Gasteiger partial charge in [-0.05, 0) is 64.7 Å². The molecule has 1 aliphatic carbocycles. The lowest BCUT2D eigenvalue weighted by Gasteiger charge is -2.47. The molecule has 4 rings (SSSR count). The van der Waals surface area contributed by atoms with Crippen molar-refractivity contribution in [3.8, 4) is 5.75 Å². The zero-order chi connectivity index (χ0) is 21.6. The maximum Gasteiger partial charge on any atom is 0.339 e. The molecule has 162 valence electrons. The largest absolute Gasteiger partial charge is 0.480 e. The minimum absolute atomic E-state index is 0.0661. The molecule has 0 radical (unpaired) electrons.